The molecule has 0 atom stereocenters. The molecule has 0 radical (unpaired) electrons. The molecule has 3 heterocycles. The van der Waals surface area contributed by atoms with Gasteiger partial charge in [-0.2, -0.15) is 5.10 Å². The van der Waals surface area contributed by atoms with Gasteiger partial charge in [0, 0.05) is 30.9 Å². The van der Waals surface area contributed by atoms with Gasteiger partial charge < -0.3 is 10.3 Å². The van der Waals surface area contributed by atoms with Gasteiger partial charge in [0.1, 0.15) is 5.82 Å². The number of nitrogens with two attached hydrogens (primary N) is 1. The zero-order valence-corrected chi connectivity index (χ0v) is 11.7. The summed E-state index contributed by atoms with van der Waals surface area (Å²) in [6.07, 6.45) is 5.73. The Hall–Kier alpha value is -2.41. The highest BCUT2D eigenvalue weighted by Crippen LogP contribution is 2.17. The molecule has 1 aliphatic rings. The highest BCUT2D eigenvalue weighted by molar-refractivity contribution is 5.44. The molecule has 1 fully saturated rings. The van der Waals surface area contributed by atoms with Crippen molar-refractivity contribution in [3.63, 3.8) is 0 Å². The van der Waals surface area contributed by atoms with Gasteiger partial charge in [-0.05, 0) is 18.9 Å². The number of pyridine rings is 1. The lowest BCUT2D eigenvalue weighted by atomic mass is 10.2. The molecule has 7 heteroatoms. The molecule has 0 unspecified atom stereocenters. The van der Waals surface area contributed by atoms with Crippen LogP contribution in [0.2, 0.25) is 0 Å². The van der Waals surface area contributed by atoms with Crippen molar-refractivity contribution in [1.82, 2.24) is 14.8 Å². The fourth-order valence-corrected chi connectivity index (χ4v) is 2.55. The first-order valence-corrected chi connectivity index (χ1v) is 7.00. The molecular weight excluding hydrogens is 268 g/mol. The number of nitrogens with one attached hydrogen (secondary N) is 1. The van der Waals surface area contributed by atoms with Gasteiger partial charge in [-0.25, -0.2) is 15.5 Å². The van der Waals surface area contributed by atoms with Crippen LogP contribution >= 0.6 is 0 Å². The Balaban J connectivity index is 1.84. The molecule has 2 aromatic rings. The van der Waals surface area contributed by atoms with Gasteiger partial charge in [-0.15, -0.1) is 0 Å². The molecule has 0 aromatic carbocycles. The van der Waals surface area contributed by atoms with Gasteiger partial charge in [0.25, 0.3) is 5.56 Å². The van der Waals surface area contributed by atoms with E-state index in [2.05, 4.69) is 20.4 Å². The van der Waals surface area contributed by atoms with Crippen molar-refractivity contribution in [2.45, 2.75) is 19.4 Å². The van der Waals surface area contributed by atoms with E-state index in [4.69, 9.17) is 5.84 Å². The van der Waals surface area contributed by atoms with Crippen molar-refractivity contribution in [3.8, 4) is 0 Å². The zero-order valence-electron chi connectivity index (χ0n) is 11.7. The predicted octanol–water partition coefficient (Wildman–Crippen LogP) is 0.572. The fraction of sp³-hybridized carbons (Fsp3) is 0.357. The molecule has 1 aliphatic heterocycles. The summed E-state index contributed by atoms with van der Waals surface area (Å²) < 4.78 is 1.41. The maximum Gasteiger partial charge on any atom is 0.269 e. The smallest absolute Gasteiger partial charge is 0.269 e. The number of rotatable bonds is 4. The number of hydrogen-bond acceptors (Lipinski definition) is 6. The van der Waals surface area contributed by atoms with Crippen LogP contribution in [0.15, 0.2) is 35.4 Å². The van der Waals surface area contributed by atoms with Crippen molar-refractivity contribution in [2.24, 2.45) is 5.84 Å². The topological polar surface area (TPSA) is 89.1 Å². The van der Waals surface area contributed by atoms with Gasteiger partial charge in [0.2, 0.25) is 0 Å². The maximum absolute atomic E-state index is 12.2. The Kier molecular flexibility index (Phi) is 3.83. The van der Waals surface area contributed by atoms with Gasteiger partial charge in [0.05, 0.1) is 18.4 Å². The molecule has 0 aliphatic carbocycles. The zero-order chi connectivity index (χ0) is 14.7. The summed E-state index contributed by atoms with van der Waals surface area (Å²) >= 11 is 0. The number of nitrogen functional groups attached to an aromatic ring is 1. The lowest BCUT2D eigenvalue weighted by Crippen LogP contribution is -2.27. The van der Waals surface area contributed by atoms with E-state index in [0.29, 0.717) is 12.4 Å². The van der Waals surface area contributed by atoms with E-state index in [-0.39, 0.29) is 5.56 Å². The number of hydrazine groups is 1. The largest absolute Gasteiger partial charge is 0.370 e. The Morgan fingerprint density at radius 2 is 2.14 bits per heavy atom. The number of hydrogen-bond donors (Lipinski definition) is 2. The Morgan fingerprint density at radius 3 is 2.86 bits per heavy atom. The van der Waals surface area contributed by atoms with Gasteiger partial charge in [-0.1, -0.05) is 6.07 Å². The van der Waals surface area contributed by atoms with Gasteiger partial charge in [0.15, 0.2) is 0 Å². The predicted molar refractivity (Wildman–Crippen MR) is 81.1 cm³/mol. The van der Waals surface area contributed by atoms with Crippen LogP contribution in [0.4, 0.5) is 11.5 Å². The van der Waals surface area contributed by atoms with Crippen LogP contribution in [0.3, 0.4) is 0 Å². The van der Waals surface area contributed by atoms with Gasteiger partial charge in [-0.3, -0.25) is 4.79 Å². The summed E-state index contributed by atoms with van der Waals surface area (Å²) in [4.78, 5) is 18.5. The highest BCUT2D eigenvalue weighted by atomic mass is 16.1. The third-order valence-electron chi connectivity index (χ3n) is 3.67. The van der Waals surface area contributed by atoms with E-state index < -0.39 is 0 Å². The first-order valence-electron chi connectivity index (χ1n) is 7.00. The summed E-state index contributed by atoms with van der Waals surface area (Å²) in [6, 6.07) is 5.31. The van der Waals surface area contributed by atoms with Crippen LogP contribution in [0.5, 0.6) is 0 Å². The average Bonchev–Trinajstić information content (AvgIpc) is 3.04. The molecule has 0 saturated carbocycles. The molecule has 0 bridgehead atoms. The minimum Gasteiger partial charge on any atom is -0.370 e. The van der Waals surface area contributed by atoms with Crippen LogP contribution in [0, 0.1) is 0 Å². The number of nitrogens with zero attached hydrogens (tertiary/aromatic N) is 4. The Morgan fingerprint density at radius 1 is 1.33 bits per heavy atom. The molecule has 1 saturated heterocycles. The minimum absolute atomic E-state index is 0.119. The first-order chi connectivity index (χ1) is 10.3. The molecule has 110 valence electrons. The quantitative estimate of drug-likeness (QED) is 0.631. The van der Waals surface area contributed by atoms with E-state index in [1.165, 1.54) is 17.5 Å². The fourth-order valence-electron chi connectivity index (χ4n) is 2.55. The van der Waals surface area contributed by atoms with Crippen LogP contribution in [0.25, 0.3) is 0 Å². The van der Waals surface area contributed by atoms with E-state index in [9.17, 15) is 4.79 Å². The lowest BCUT2D eigenvalue weighted by molar-refractivity contribution is 0.636. The molecule has 3 N–H and O–H groups in total. The third-order valence-corrected chi connectivity index (χ3v) is 3.67. The second kappa shape index (κ2) is 5.92. The molecule has 0 amide bonds. The van der Waals surface area contributed by atoms with Crippen molar-refractivity contribution in [3.05, 3.63) is 46.5 Å². The van der Waals surface area contributed by atoms with E-state index in [1.54, 1.807) is 24.5 Å². The van der Waals surface area contributed by atoms with Crippen LogP contribution in [-0.4, -0.2) is 27.9 Å². The Labute approximate surface area is 122 Å². The van der Waals surface area contributed by atoms with Crippen molar-refractivity contribution < 1.29 is 0 Å². The second-order valence-corrected chi connectivity index (χ2v) is 5.06. The molecule has 0 spiro atoms. The monoisotopic (exact) mass is 286 g/mol. The molecule has 7 nitrogen and oxygen atoms in total. The summed E-state index contributed by atoms with van der Waals surface area (Å²) in [5, 5.41) is 4.26. The second-order valence-electron chi connectivity index (χ2n) is 5.06. The van der Waals surface area contributed by atoms with Crippen LogP contribution in [0.1, 0.15) is 18.4 Å². The first kappa shape index (κ1) is 13.6. The summed E-state index contributed by atoms with van der Waals surface area (Å²) in [7, 11) is 0. The van der Waals surface area contributed by atoms with E-state index in [1.807, 2.05) is 6.07 Å². The summed E-state index contributed by atoms with van der Waals surface area (Å²) in [6.45, 7) is 2.33. The van der Waals surface area contributed by atoms with Gasteiger partial charge >= 0.3 is 0 Å². The highest BCUT2D eigenvalue weighted by Gasteiger charge is 2.14. The van der Waals surface area contributed by atoms with Crippen LogP contribution < -0.4 is 21.7 Å². The lowest BCUT2D eigenvalue weighted by Gasteiger charge is -2.17. The maximum atomic E-state index is 12.2. The SMILES string of the molecule is NNc1ncccc1Cn1ncc(N2CCCC2)cc1=O. The molecule has 2 aromatic heterocycles. The summed E-state index contributed by atoms with van der Waals surface area (Å²) in [5.41, 5.74) is 4.13. The van der Waals surface area contributed by atoms with Crippen LogP contribution in [-0.2, 0) is 6.54 Å². The number of anilines is 2. The van der Waals surface area contributed by atoms with Crippen molar-refractivity contribution in [2.75, 3.05) is 23.4 Å². The van der Waals surface area contributed by atoms with Crippen molar-refractivity contribution >= 4 is 11.5 Å². The molecule has 3 rings (SSSR count). The van der Waals surface area contributed by atoms with Crippen molar-refractivity contribution in [1.29, 1.82) is 0 Å². The van der Waals surface area contributed by atoms with E-state index in [0.717, 1.165) is 24.3 Å². The van der Waals surface area contributed by atoms with E-state index >= 15 is 0 Å². The molecular formula is C14H18N6O. The summed E-state index contributed by atoms with van der Waals surface area (Å²) in [5.74, 6) is 5.97. The number of aromatic nitrogens is 3. The minimum atomic E-state index is -0.119. The Bertz CT molecular complexity index is 677. The standard InChI is InChI=1S/C14H18N6O/c15-18-14-11(4-3-5-16-14)10-20-13(21)8-12(9-17-20)19-6-1-2-7-19/h3-5,8-9H,1-2,6-7,10,15H2,(H,16,18). The third kappa shape index (κ3) is 2.87. The molecule has 21 heavy (non-hydrogen) atoms. The average molecular weight is 286 g/mol. The normalized spacial score (nSPS) is 14.4.